The first-order chi connectivity index (χ1) is 22.9. The molecule has 1 aliphatic heterocycles. The summed E-state index contributed by atoms with van der Waals surface area (Å²) in [6.07, 6.45) is 2.34. The number of hydrogen-bond acceptors (Lipinski definition) is 6. The van der Waals surface area contributed by atoms with E-state index in [0.29, 0.717) is 11.6 Å². The summed E-state index contributed by atoms with van der Waals surface area (Å²) in [5, 5.41) is 11.1. The van der Waals surface area contributed by atoms with E-state index in [1.165, 1.54) is 24.3 Å². The highest BCUT2D eigenvalue weighted by molar-refractivity contribution is 6.30. The Kier molecular flexibility index (Phi) is 9.86. The Bertz CT molecular complexity index is 1760. The van der Waals surface area contributed by atoms with Crippen molar-refractivity contribution in [1.29, 1.82) is 0 Å². The quantitative estimate of drug-likeness (QED) is 0.144. The Morgan fingerprint density at radius 3 is 2.00 bits per heavy atom. The van der Waals surface area contributed by atoms with Gasteiger partial charge in [-0.3, -0.25) is 0 Å². The van der Waals surface area contributed by atoms with Gasteiger partial charge in [0, 0.05) is 17.4 Å². The highest BCUT2D eigenvalue weighted by Gasteiger charge is 2.41. The van der Waals surface area contributed by atoms with Gasteiger partial charge in [-0.15, -0.1) is 0 Å². The van der Waals surface area contributed by atoms with Crippen LogP contribution in [0.2, 0.25) is 5.02 Å². The predicted molar refractivity (Wildman–Crippen MR) is 180 cm³/mol. The number of carbonyl (C=O) groups excluding carboxylic acids is 1. The second-order valence-corrected chi connectivity index (χ2v) is 11.8. The molecule has 0 saturated heterocycles. The van der Waals surface area contributed by atoms with E-state index in [1.807, 2.05) is 102 Å². The second kappa shape index (κ2) is 14.5. The highest BCUT2D eigenvalue weighted by Crippen LogP contribution is 2.39. The summed E-state index contributed by atoms with van der Waals surface area (Å²) in [5.74, 6) is -1.25. The molecule has 5 aromatic carbocycles. The monoisotopic (exact) mass is 648 g/mol. The number of nitrogens with zero attached hydrogens (tertiary/aromatic N) is 2. The van der Waals surface area contributed by atoms with E-state index < -0.39 is 24.5 Å². The number of ether oxygens (including phenoxy) is 2. The minimum absolute atomic E-state index is 0.0386. The molecule has 5 aromatic rings. The van der Waals surface area contributed by atoms with Gasteiger partial charge in [-0.25, -0.2) is 9.18 Å². The Hall–Kier alpha value is -5.11. The Morgan fingerprint density at radius 2 is 1.34 bits per heavy atom. The molecule has 0 aliphatic carbocycles. The third-order valence-corrected chi connectivity index (χ3v) is 8.49. The van der Waals surface area contributed by atoms with E-state index in [2.05, 4.69) is 0 Å². The van der Waals surface area contributed by atoms with Crippen LogP contribution < -0.4 is 0 Å². The molecule has 0 amide bonds. The molecule has 0 radical (unpaired) electrons. The summed E-state index contributed by atoms with van der Waals surface area (Å²) >= 11 is 6.26. The molecule has 0 saturated carbocycles. The average molecular weight is 649 g/mol. The maximum atomic E-state index is 14.1. The van der Waals surface area contributed by atoms with E-state index in [-0.39, 0.29) is 23.2 Å². The molecule has 47 heavy (non-hydrogen) atoms. The van der Waals surface area contributed by atoms with Gasteiger partial charge in [0.1, 0.15) is 23.2 Å². The fraction of sp³-hybridized carbons (Fsp3) is 0.154. The molecule has 4 unspecified atom stereocenters. The van der Waals surface area contributed by atoms with E-state index >= 15 is 0 Å². The van der Waals surface area contributed by atoms with Crippen molar-refractivity contribution >= 4 is 17.6 Å². The molecule has 0 aromatic heterocycles. The minimum Gasteiger partial charge on any atom is -0.507 e. The van der Waals surface area contributed by atoms with Gasteiger partial charge < -0.3 is 24.4 Å². The number of phenols is 1. The minimum atomic E-state index is -0.977. The van der Waals surface area contributed by atoms with Crippen molar-refractivity contribution in [3.8, 4) is 5.75 Å². The predicted octanol–water partition coefficient (Wildman–Crippen LogP) is 8.85. The number of hydrogen-bond donors (Lipinski definition) is 1. The summed E-state index contributed by atoms with van der Waals surface area (Å²) in [5.41, 5.74) is 3.65. The lowest BCUT2D eigenvalue weighted by atomic mass is 9.97. The van der Waals surface area contributed by atoms with Crippen LogP contribution in [-0.4, -0.2) is 33.3 Å². The molecule has 0 bridgehead atoms. The maximum Gasteiger partial charge on any atom is 0.345 e. The maximum absolute atomic E-state index is 14.1. The van der Waals surface area contributed by atoms with Gasteiger partial charge in [-0.2, -0.15) is 0 Å². The molecule has 6 nitrogen and oxygen atoms in total. The first-order valence-corrected chi connectivity index (χ1v) is 15.7. The van der Waals surface area contributed by atoms with Gasteiger partial charge in [0.2, 0.25) is 0 Å². The molecule has 0 fully saturated rings. The van der Waals surface area contributed by atoms with E-state index in [1.54, 1.807) is 36.4 Å². The zero-order valence-corrected chi connectivity index (χ0v) is 26.5. The van der Waals surface area contributed by atoms with Gasteiger partial charge in [-0.05, 0) is 65.6 Å². The van der Waals surface area contributed by atoms with Crippen molar-refractivity contribution in [2.75, 3.05) is 0 Å². The lowest BCUT2D eigenvalue weighted by Gasteiger charge is -2.41. The number of phenolic OH excluding ortho intramolecular Hbond substituents is 1. The summed E-state index contributed by atoms with van der Waals surface area (Å²) in [7, 11) is 0. The van der Waals surface area contributed by atoms with Crippen molar-refractivity contribution < 1.29 is 23.8 Å². The van der Waals surface area contributed by atoms with Crippen LogP contribution in [0.1, 0.15) is 51.7 Å². The SMILES string of the molecule is CC(C(OCc1ccccc1)c1ccccc1)N1C=CN(C(c2ccc(F)cc2)c2ccc(Cl)cc2)C1OC(=O)c1ccccc1O. The standard InChI is InChI=1S/C39H34ClFN2O4/c1-27(37(31-12-6-3-7-13-31)46-26-28-10-4-2-5-11-28)42-24-25-43(39(42)47-38(45)34-14-8-9-15-35(34)44)36(29-16-20-32(40)21-17-29)30-18-22-33(41)23-19-30/h2-25,27,36-37,39,44H,26H2,1H3. The first-order valence-electron chi connectivity index (χ1n) is 15.3. The lowest BCUT2D eigenvalue weighted by Crippen LogP contribution is -2.49. The first kappa shape index (κ1) is 31.9. The molecule has 1 aliphatic rings. The molecule has 8 heteroatoms. The van der Waals surface area contributed by atoms with E-state index in [9.17, 15) is 14.3 Å². The van der Waals surface area contributed by atoms with Crippen molar-refractivity contribution in [2.24, 2.45) is 0 Å². The topological polar surface area (TPSA) is 62.2 Å². The van der Waals surface area contributed by atoms with Crippen LogP contribution in [0.3, 0.4) is 0 Å². The van der Waals surface area contributed by atoms with Crippen LogP contribution in [-0.2, 0) is 16.1 Å². The summed E-state index contributed by atoms with van der Waals surface area (Å²) in [6, 6.07) is 38.9. The third kappa shape index (κ3) is 7.32. The van der Waals surface area contributed by atoms with Gasteiger partial charge >= 0.3 is 5.97 Å². The van der Waals surface area contributed by atoms with Gasteiger partial charge in [0.25, 0.3) is 6.35 Å². The van der Waals surface area contributed by atoms with Crippen molar-refractivity contribution in [3.63, 3.8) is 0 Å². The van der Waals surface area contributed by atoms with E-state index in [4.69, 9.17) is 21.1 Å². The lowest BCUT2D eigenvalue weighted by molar-refractivity contribution is -0.115. The van der Waals surface area contributed by atoms with E-state index in [0.717, 1.165) is 22.3 Å². The van der Waals surface area contributed by atoms with Crippen LogP contribution in [0.4, 0.5) is 4.39 Å². The molecular formula is C39H34ClFN2O4. The number of aromatic hydroxyl groups is 1. The number of rotatable bonds is 11. The third-order valence-electron chi connectivity index (χ3n) is 8.24. The van der Waals surface area contributed by atoms with Crippen LogP contribution >= 0.6 is 11.6 Å². The average Bonchev–Trinajstić information content (AvgIpc) is 3.50. The fourth-order valence-corrected chi connectivity index (χ4v) is 5.96. The number of halogens is 2. The number of benzene rings is 5. The summed E-state index contributed by atoms with van der Waals surface area (Å²) < 4.78 is 27.0. The van der Waals surface area contributed by atoms with Crippen molar-refractivity contribution in [3.05, 3.63) is 185 Å². The molecule has 1 heterocycles. The molecule has 1 N–H and O–H groups in total. The van der Waals surface area contributed by atoms with Crippen LogP contribution in [0.15, 0.2) is 146 Å². The van der Waals surface area contributed by atoms with Gasteiger partial charge in [-0.1, -0.05) is 109 Å². The molecule has 238 valence electrons. The number of para-hydroxylation sites is 1. The largest absolute Gasteiger partial charge is 0.507 e. The summed E-state index contributed by atoms with van der Waals surface area (Å²) in [6.45, 7) is 2.39. The second-order valence-electron chi connectivity index (χ2n) is 11.3. The Morgan fingerprint density at radius 1 is 0.766 bits per heavy atom. The zero-order chi connectivity index (χ0) is 32.8. The Labute approximate surface area is 278 Å². The fourth-order valence-electron chi connectivity index (χ4n) is 5.83. The van der Waals surface area contributed by atoms with Crippen LogP contribution in [0.5, 0.6) is 5.75 Å². The smallest absolute Gasteiger partial charge is 0.345 e. The van der Waals surface area contributed by atoms with Crippen LogP contribution in [0.25, 0.3) is 0 Å². The molecule has 4 atom stereocenters. The summed E-state index contributed by atoms with van der Waals surface area (Å²) in [4.78, 5) is 17.6. The van der Waals surface area contributed by atoms with Gasteiger partial charge in [0.15, 0.2) is 0 Å². The number of carbonyl (C=O) groups is 1. The van der Waals surface area contributed by atoms with Crippen molar-refractivity contribution in [2.45, 2.75) is 38.1 Å². The van der Waals surface area contributed by atoms with Crippen molar-refractivity contribution in [1.82, 2.24) is 9.80 Å². The highest BCUT2D eigenvalue weighted by atomic mass is 35.5. The molecule has 6 rings (SSSR count). The molecule has 0 spiro atoms. The zero-order valence-electron chi connectivity index (χ0n) is 25.7. The normalized spacial score (nSPS) is 16.1. The van der Waals surface area contributed by atoms with Crippen LogP contribution in [0, 0.1) is 5.82 Å². The Balaban J connectivity index is 1.40. The number of esters is 1. The molecular weight excluding hydrogens is 615 g/mol. The van der Waals surface area contributed by atoms with Gasteiger partial charge in [0.05, 0.1) is 18.7 Å².